The lowest BCUT2D eigenvalue weighted by atomic mass is 9.91. The van der Waals surface area contributed by atoms with Gasteiger partial charge >= 0.3 is 12.0 Å². The van der Waals surface area contributed by atoms with Gasteiger partial charge in [-0.2, -0.15) is 0 Å². The Bertz CT molecular complexity index is 1060. The SMILES string of the molecule is CCOc1ncc(Nc2cc([C@H](CC)CC(=O)O)ccc2-c2cccc(C(F)F)n2)cn1. The number of hydrogen-bond donors (Lipinski definition) is 2. The zero-order chi connectivity index (χ0) is 23.1. The number of carboxylic acid groups (broad SMARTS) is 1. The van der Waals surface area contributed by atoms with E-state index in [0.717, 1.165) is 5.56 Å². The van der Waals surface area contributed by atoms with Crippen molar-refractivity contribution in [1.29, 1.82) is 0 Å². The maximum Gasteiger partial charge on any atom is 0.316 e. The Balaban J connectivity index is 2.03. The van der Waals surface area contributed by atoms with Gasteiger partial charge < -0.3 is 15.2 Å². The van der Waals surface area contributed by atoms with Crippen LogP contribution in [0, 0.1) is 0 Å². The van der Waals surface area contributed by atoms with Crippen LogP contribution in [0.2, 0.25) is 0 Å². The number of carboxylic acids is 1. The highest BCUT2D eigenvalue weighted by molar-refractivity contribution is 5.80. The van der Waals surface area contributed by atoms with E-state index < -0.39 is 12.4 Å². The summed E-state index contributed by atoms with van der Waals surface area (Å²) < 4.78 is 31.6. The van der Waals surface area contributed by atoms with E-state index in [-0.39, 0.29) is 24.0 Å². The predicted octanol–water partition coefficient (Wildman–Crippen LogP) is 5.59. The third kappa shape index (κ3) is 5.75. The summed E-state index contributed by atoms with van der Waals surface area (Å²) in [5.41, 5.74) is 2.60. The van der Waals surface area contributed by atoms with Crippen molar-refractivity contribution in [3.05, 3.63) is 60.0 Å². The minimum atomic E-state index is -2.69. The number of halogens is 2. The summed E-state index contributed by atoms with van der Waals surface area (Å²) in [5, 5.41) is 12.4. The molecule has 2 aromatic heterocycles. The highest BCUT2D eigenvalue weighted by Crippen LogP contribution is 2.35. The molecule has 0 unspecified atom stereocenters. The largest absolute Gasteiger partial charge is 0.481 e. The molecule has 168 valence electrons. The van der Waals surface area contributed by atoms with E-state index in [9.17, 15) is 18.7 Å². The van der Waals surface area contributed by atoms with Crippen LogP contribution < -0.4 is 10.1 Å². The molecule has 0 radical (unpaired) electrons. The Kier molecular flexibility index (Phi) is 7.64. The van der Waals surface area contributed by atoms with Gasteiger partial charge in [-0.15, -0.1) is 0 Å². The Hall–Kier alpha value is -3.62. The standard InChI is InChI=1S/C23H24F2N4O3/c1-3-14(11-21(30)31)15-8-9-17(18-6-5-7-19(29-18)22(24)25)20(10-15)28-16-12-26-23(27-13-16)32-4-2/h5-10,12-14,22,28H,3-4,11H2,1-2H3,(H,30,31)/t14-/m1/s1. The third-order valence-corrected chi connectivity index (χ3v) is 4.88. The van der Waals surface area contributed by atoms with E-state index >= 15 is 0 Å². The van der Waals surface area contributed by atoms with Gasteiger partial charge in [0.05, 0.1) is 36.8 Å². The van der Waals surface area contributed by atoms with E-state index in [4.69, 9.17) is 4.74 Å². The first-order valence-corrected chi connectivity index (χ1v) is 10.2. The van der Waals surface area contributed by atoms with Gasteiger partial charge in [0.2, 0.25) is 0 Å². The molecule has 0 bridgehead atoms. The van der Waals surface area contributed by atoms with Crippen molar-refractivity contribution in [2.45, 2.75) is 39.0 Å². The van der Waals surface area contributed by atoms with Gasteiger partial charge in [0.15, 0.2) is 0 Å². The number of nitrogens with zero attached hydrogens (tertiary/aromatic N) is 3. The smallest absolute Gasteiger partial charge is 0.316 e. The quantitative estimate of drug-likeness (QED) is 0.423. The van der Waals surface area contributed by atoms with Gasteiger partial charge in [-0.3, -0.25) is 4.79 Å². The Morgan fingerprint density at radius 3 is 2.53 bits per heavy atom. The second kappa shape index (κ2) is 10.6. The number of carbonyl (C=O) groups is 1. The summed E-state index contributed by atoms with van der Waals surface area (Å²) >= 11 is 0. The van der Waals surface area contributed by atoms with Crippen LogP contribution >= 0.6 is 0 Å². The monoisotopic (exact) mass is 442 g/mol. The predicted molar refractivity (Wildman–Crippen MR) is 116 cm³/mol. The van der Waals surface area contributed by atoms with Gasteiger partial charge in [0.25, 0.3) is 6.43 Å². The number of alkyl halides is 2. The minimum Gasteiger partial charge on any atom is -0.481 e. The van der Waals surface area contributed by atoms with Crippen LogP contribution in [0.5, 0.6) is 6.01 Å². The van der Waals surface area contributed by atoms with Crippen molar-refractivity contribution in [2.75, 3.05) is 11.9 Å². The number of aromatic nitrogens is 3. The lowest BCUT2D eigenvalue weighted by molar-refractivity contribution is -0.137. The number of pyridine rings is 1. The first kappa shape index (κ1) is 23.1. The summed E-state index contributed by atoms with van der Waals surface area (Å²) in [6.45, 7) is 4.19. The zero-order valence-corrected chi connectivity index (χ0v) is 17.8. The van der Waals surface area contributed by atoms with Crippen molar-refractivity contribution in [2.24, 2.45) is 0 Å². The summed E-state index contributed by atoms with van der Waals surface area (Å²) in [6.07, 6.45) is 1.03. The van der Waals surface area contributed by atoms with Gasteiger partial charge in [0.1, 0.15) is 5.69 Å². The fraction of sp³-hybridized carbons (Fsp3) is 0.304. The highest BCUT2D eigenvalue weighted by atomic mass is 19.3. The molecule has 3 rings (SSSR count). The van der Waals surface area contributed by atoms with Gasteiger partial charge in [-0.05, 0) is 43.0 Å². The Labute approximate surface area is 184 Å². The molecule has 0 spiro atoms. The van der Waals surface area contributed by atoms with Crippen LogP contribution in [0.4, 0.5) is 20.2 Å². The summed E-state index contributed by atoms with van der Waals surface area (Å²) in [6, 6.07) is 10.1. The van der Waals surface area contributed by atoms with Gasteiger partial charge in [-0.25, -0.2) is 23.7 Å². The second-order valence-corrected chi connectivity index (χ2v) is 7.07. The van der Waals surface area contributed by atoms with Crippen molar-refractivity contribution < 1.29 is 23.4 Å². The molecule has 2 heterocycles. The number of benzene rings is 1. The first-order chi connectivity index (χ1) is 15.4. The van der Waals surface area contributed by atoms with E-state index in [0.29, 0.717) is 35.7 Å². The number of rotatable bonds is 10. The average molecular weight is 442 g/mol. The van der Waals surface area contributed by atoms with Crippen LogP contribution in [0.25, 0.3) is 11.3 Å². The second-order valence-electron chi connectivity index (χ2n) is 7.07. The molecule has 1 aromatic carbocycles. The van der Waals surface area contributed by atoms with E-state index in [1.165, 1.54) is 12.1 Å². The molecule has 9 heteroatoms. The van der Waals surface area contributed by atoms with Crippen LogP contribution in [0.3, 0.4) is 0 Å². The lowest BCUT2D eigenvalue weighted by Gasteiger charge is -2.18. The summed E-state index contributed by atoms with van der Waals surface area (Å²) in [7, 11) is 0. The molecule has 7 nitrogen and oxygen atoms in total. The number of hydrogen-bond acceptors (Lipinski definition) is 6. The number of aliphatic carboxylic acids is 1. The fourth-order valence-electron chi connectivity index (χ4n) is 3.31. The molecule has 0 aliphatic heterocycles. The molecule has 2 N–H and O–H groups in total. The Morgan fingerprint density at radius 1 is 1.16 bits per heavy atom. The van der Waals surface area contributed by atoms with Crippen LogP contribution in [-0.2, 0) is 4.79 Å². The molecular weight excluding hydrogens is 418 g/mol. The number of anilines is 2. The van der Waals surface area contributed by atoms with Crippen LogP contribution in [0.1, 0.15) is 50.3 Å². The fourth-order valence-corrected chi connectivity index (χ4v) is 3.31. The molecular formula is C23H24F2N4O3. The normalized spacial score (nSPS) is 11.9. The van der Waals surface area contributed by atoms with Crippen LogP contribution in [0.15, 0.2) is 48.8 Å². The molecule has 1 atom stereocenters. The minimum absolute atomic E-state index is 0.0133. The highest BCUT2D eigenvalue weighted by Gasteiger charge is 2.18. The maximum absolute atomic E-state index is 13.2. The molecule has 3 aromatic rings. The van der Waals surface area contributed by atoms with Crippen LogP contribution in [-0.4, -0.2) is 32.6 Å². The number of ether oxygens (including phenoxy) is 1. The van der Waals surface area contributed by atoms with E-state index in [1.807, 2.05) is 26.0 Å². The molecule has 0 aliphatic carbocycles. The van der Waals surface area contributed by atoms with E-state index in [1.54, 1.807) is 24.5 Å². The van der Waals surface area contributed by atoms with Crippen molar-refractivity contribution in [3.8, 4) is 17.3 Å². The summed E-state index contributed by atoms with van der Waals surface area (Å²) in [4.78, 5) is 23.6. The molecule has 0 fully saturated rings. The molecule has 32 heavy (non-hydrogen) atoms. The molecule has 0 amide bonds. The third-order valence-electron chi connectivity index (χ3n) is 4.88. The van der Waals surface area contributed by atoms with Crippen molar-refractivity contribution >= 4 is 17.3 Å². The maximum atomic E-state index is 13.2. The van der Waals surface area contributed by atoms with E-state index in [2.05, 4.69) is 20.3 Å². The van der Waals surface area contributed by atoms with Crippen molar-refractivity contribution in [3.63, 3.8) is 0 Å². The van der Waals surface area contributed by atoms with Gasteiger partial charge in [0, 0.05) is 11.3 Å². The molecule has 0 saturated heterocycles. The molecule has 0 aliphatic rings. The average Bonchev–Trinajstić information content (AvgIpc) is 2.79. The zero-order valence-electron chi connectivity index (χ0n) is 17.8. The first-order valence-electron chi connectivity index (χ1n) is 10.2. The molecule has 0 saturated carbocycles. The van der Waals surface area contributed by atoms with Gasteiger partial charge in [-0.1, -0.05) is 25.1 Å². The van der Waals surface area contributed by atoms with Crippen molar-refractivity contribution in [1.82, 2.24) is 15.0 Å². The number of nitrogens with one attached hydrogen (secondary N) is 1. The lowest BCUT2D eigenvalue weighted by Crippen LogP contribution is -2.07. The topological polar surface area (TPSA) is 97.2 Å². The Morgan fingerprint density at radius 2 is 1.91 bits per heavy atom. The summed E-state index contributed by atoms with van der Waals surface area (Å²) in [5.74, 6) is -1.08.